The average Bonchev–Trinajstić information content (AvgIpc) is 3.21. The van der Waals surface area contributed by atoms with E-state index >= 15 is 0 Å². The van der Waals surface area contributed by atoms with E-state index in [0.717, 1.165) is 36.8 Å². The van der Waals surface area contributed by atoms with Gasteiger partial charge in [-0.05, 0) is 55.2 Å². The fourth-order valence-electron chi connectivity index (χ4n) is 3.73. The highest BCUT2D eigenvalue weighted by Gasteiger charge is 2.28. The molecule has 0 saturated heterocycles. The largest absolute Gasteiger partial charge is 0.352 e. The van der Waals surface area contributed by atoms with E-state index in [9.17, 15) is 9.59 Å². The molecule has 1 saturated carbocycles. The number of rotatable bonds is 7. The van der Waals surface area contributed by atoms with Crippen LogP contribution in [0.5, 0.6) is 0 Å². The number of benzene rings is 2. The molecule has 1 atom stereocenters. The summed E-state index contributed by atoms with van der Waals surface area (Å²) in [5.74, 6) is -0.297. The van der Waals surface area contributed by atoms with Crippen LogP contribution in [0.15, 0.2) is 42.5 Å². The number of carbonyl (C=O) groups excluding carboxylic acids is 2. The molecule has 0 unspecified atom stereocenters. The zero-order valence-corrected chi connectivity index (χ0v) is 19.1. The van der Waals surface area contributed by atoms with Gasteiger partial charge in [-0.1, -0.05) is 65.8 Å². The predicted molar refractivity (Wildman–Crippen MR) is 122 cm³/mol. The van der Waals surface area contributed by atoms with Crippen LogP contribution >= 0.6 is 34.8 Å². The Morgan fingerprint density at radius 2 is 1.77 bits per heavy atom. The van der Waals surface area contributed by atoms with Gasteiger partial charge in [0.15, 0.2) is 0 Å². The lowest BCUT2D eigenvalue weighted by atomic mass is 10.1. The second-order valence-corrected chi connectivity index (χ2v) is 8.99. The van der Waals surface area contributed by atoms with Gasteiger partial charge < -0.3 is 10.2 Å². The van der Waals surface area contributed by atoms with E-state index in [1.165, 1.54) is 0 Å². The third-order valence-corrected chi connectivity index (χ3v) is 6.42. The highest BCUT2D eigenvalue weighted by molar-refractivity contribution is 6.42. The van der Waals surface area contributed by atoms with Crippen LogP contribution in [0.4, 0.5) is 0 Å². The molecule has 1 aliphatic rings. The molecule has 7 heteroatoms. The maximum absolute atomic E-state index is 13.2. The highest BCUT2D eigenvalue weighted by Crippen LogP contribution is 2.24. The molecule has 0 heterocycles. The SMILES string of the molecule is C[C@H](C(=O)NC1CCCC1)N(Cc1cccc(Cl)c1)C(=O)Cc1ccc(Cl)c(Cl)c1. The quantitative estimate of drug-likeness (QED) is 0.571. The minimum absolute atomic E-state index is 0.124. The van der Waals surface area contributed by atoms with Gasteiger partial charge in [0, 0.05) is 17.6 Å². The molecule has 0 aliphatic heterocycles. The first-order chi connectivity index (χ1) is 14.3. The van der Waals surface area contributed by atoms with E-state index in [4.69, 9.17) is 34.8 Å². The van der Waals surface area contributed by atoms with Crippen LogP contribution in [0.25, 0.3) is 0 Å². The monoisotopic (exact) mass is 466 g/mol. The molecule has 30 heavy (non-hydrogen) atoms. The Bertz CT molecular complexity index is 913. The minimum atomic E-state index is -0.611. The van der Waals surface area contributed by atoms with Crippen molar-refractivity contribution < 1.29 is 9.59 Å². The molecule has 4 nitrogen and oxygen atoms in total. The van der Waals surface area contributed by atoms with Crippen molar-refractivity contribution in [2.24, 2.45) is 0 Å². The summed E-state index contributed by atoms with van der Waals surface area (Å²) < 4.78 is 0. The maximum Gasteiger partial charge on any atom is 0.242 e. The Kier molecular flexibility index (Phi) is 8.04. The van der Waals surface area contributed by atoms with Crippen LogP contribution < -0.4 is 5.32 Å². The average molecular weight is 468 g/mol. The maximum atomic E-state index is 13.2. The van der Waals surface area contributed by atoms with Crippen molar-refractivity contribution in [3.05, 3.63) is 68.7 Å². The van der Waals surface area contributed by atoms with Crippen LogP contribution in [-0.4, -0.2) is 28.8 Å². The van der Waals surface area contributed by atoms with Gasteiger partial charge in [0.2, 0.25) is 11.8 Å². The number of hydrogen-bond acceptors (Lipinski definition) is 2. The third-order valence-electron chi connectivity index (χ3n) is 5.45. The zero-order chi connectivity index (χ0) is 21.7. The zero-order valence-electron chi connectivity index (χ0n) is 16.8. The first-order valence-corrected chi connectivity index (χ1v) is 11.2. The molecule has 0 radical (unpaired) electrons. The standard InChI is InChI=1S/C23H25Cl3N2O2/c1-15(23(30)27-19-7-2-3-8-19)28(14-17-5-4-6-18(24)11-17)22(29)13-16-9-10-20(25)21(26)12-16/h4-6,9-12,15,19H,2-3,7-8,13-14H2,1H3,(H,27,30)/t15-/m1/s1. The molecule has 2 aromatic carbocycles. The van der Waals surface area contributed by atoms with E-state index in [1.54, 1.807) is 36.1 Å². The van der Waals surface area contributed by atoms with Gasteiger partial charge >= 0.3 is 0 Å². The van der Waals surface area contributed by atoms with Crippen molar-refractivity contribution in [2.45, 2.75) is 57.7 Å². The molecule has 1 fully saturated rings. The van der Waals surface area contributed by atoms with Crippen molar-refractivity contribution in [2.75, 3.05) is 0 Å². The van der Waals surface area contributed by atoms with Gasteiger partial charge in [-0.2, -0.15) is 0 Å². The van der Waals surface area contributed by atoms with Crippen LogP contribution in [0.1, 0.15) is 43.7 Å². The van der Waals surface area contributed by atoms with Gasteiger partial charge in [-0.25, -0.2) is 0 Å². The molecule has 0 bridgehead atoms. The topological polar surface area (TPSA) is 49.4 Å². The normalized spacial score (nSPS) is 15.1. The number of hydrogen-bond donors (Lipinski definition) is 1. The Morgan fingerprint density at radius 3 is 2.43 bits per heavy atom. The molecule has 160 valence electrons. The Labute approximate surface area is 192 Å². The van der Waals surface area contributed by atoms with Crippen LogP contribution in [0.2, 0.25) is 15.1 Å². The van der Waals surface area contributed by atoms with Crippen molar-refractivity contribution in [1.29, 1.82) is 0 Å². The Morgan fingerprint density at radius 1 is 1.03 bits per heavy atom. The van der Waals surface area contributed by atoms with Crippen molar-refractivity contribution in [3.63, 3.8) is 0 Å². The van der Waals surface area contributed by atoms with Gasteiger partial charge in [-0.3, -0.25) is 9.59 Å². The summed E-state index contributed by atoms with van der Waals surface area (Å²) in [6.45, 7) is 2.06. The van der Waals surface area contributed by atoms with Crippen LogP contribution in [-0.2, 0) is 22.6 Å². The van der Waals surface area contributed by atoms with Crippen molar-refractivity contribution in [3.8, 4) is 0 Å². The third kappa shape index (κ3) is 6.13. The summed E-state index contributed by atoms with van der Waals surface area (Å²) in [5, 5.41) is 4.52. The fourth-order valence-corrected chi connectivity index (χ4v) is 4.27. The lowest BCUT2D eigenvalue weighted by molar-refractivity contribution is -0.140. The van der Waals surface area contributed by atoms with Crippen LogP contribution in [0.3, 0.4) is 0 Å². The smallest absolute Gasteiger partial charge is 0.242 e. The highest BCUT2D eigenvalue weighted by atomic mass is 35.5. The van der Waals surface area contributed by atoms with E-state index in [-0.39, 0.29) is 24.3 Å². The van der Waals surface area contributed by atoms with E-state index in [1.807, 2.05) is 18.2 Å². The van der Waals surface area contributed by atoms with E-state index in [0.29, 0.717) is 21.6 Å². The van der Waals surface area contributed by atoms with Gasteiger partial charge in [0.05, 0.1) is 16.5 Å². The molecule has 1 N–H and O–H groups in total. The van der Waals surface area contributed by atoms with E-state index in [2.05, 4.69) is 5.32 Å². The first-order valence-electron chi connectivity index (χ1n) is 10.1. The summed E-state index contributed by atoms with van der Waals surface area (Å²) >= 11 is 18.2. The number of halogens is 3. The molecule has 0 aromatic heterocycles. The molecule has 1 aliphatic carbocycles. The number of nitrogens with one attached hydrogen (secondary N) is 1. The summed E-state index contributed by atoms with van der Waals surface area (Å²) in [6.07, 6.45) is 4.36. The molecule has 2 amide bonds. The Balaban J connectivity index is 1.78. The van der Waals surface area contributed by atoms with Gasteiger partial charge in [0.1, 0.15) is 6.04 Å². The number of carbonyl (C=O) groups is 2. The summed E-state index contributed by atoms with van der Waals surface area (Å²) in [6, 6.07) is 12.0. The molecular weight excluding hydrogens is 443 g/mol. The summed E-state index contributed by atoms with van der Waals surface area (Å²) in [5.41, 5.74) is 1.61. The van der Waals surface area contributed by atoms with Gasteiger partial charge in [-0.15, -0.1) is 0 Å². The molecule has 2 aromatic rings. The summed E-state index contributed by atoms with van der Waals surface area (Å²) in [4.78, 5) is 27.7. The van der Waals surface area contributed by atoms with Gasteiger partial charge in [0.25, 0.3) is 0 Å². The first kappa shape index (κ1) is 22.9. The second kappa shape index (κ2) is 10.5. The Hall–Kier alpha value is -1.75. The van der Waals surface area contributed by atoms with Crippen LogP contribution in [0, 0.1) is 0 Å². The molecular formula is C23H25Cl3N2O2. The lowest BCUT2D eigenvalue weighted by Crippen LogP contribution is -2.50. The second-order valence-electron chi connectivity index (χ2n) is 7.74. The fraction of sp³-hybridized carbons (Fsp3) is 0.391. The summed E-state index contributed by atoms with van der Waals surface area (Å²) in [7, 11) is 0. The van der Waals surface area contributed by atoms with Crippen molar-refractivity contribution >= 4 is 46.6 Å². The predicted octanol–water partition coefficient (Wildman–Crippen LogP) is 5.67. The number of amides is 2. The lowest BCUT2D eigenvalue weighted by Gasteiger charge is -2.30. The minimum Gasteiger partial charge on any atom is -0.352 e. The molecule has 0 spiro atoms. The number of nitrogens with zero attached hydrogens (tertiary/aromatic N) is 1. The van der Waals surface area contributed by atoms with Crippen molar-refractivity contribution in [1.82, 2.24) is 10.2 Å². The van der Waals surface area contributed by atoms with E-state index < -0.39 is 6.04 Å². The molecule has 3 rings (SSSR count).